The monoisotopic (exact) mass is 417 g/mol. The van der Waals surface area contributed by atoms with Gasteiger partial charge in [0.05, 0.1) is 11.6 Å². The molecule has 1 saturated heterocycles. The number of carbonyl (C=O) groups excluding carboxylic acids is 2. The van der Waals surface area contributed by atoms with Gasteiger partial charge in [0.15, 0.2) is 11.5 Å². The van der Waals surface area contributed by atoms with Crippen molar-refractivity contribution in [3.05, 3.63) is 28.5 Å². The van der Waals surface area contributed by atoms with Gasteiger partial charge in [0.25, 0.3) is 0 Å². The average molecular weight is 417 g/mol. The summed E-state index contributed by atoms with van der Waals surface area (Å²) in [6.45, 7) is 3.48. The molecule has 29 heavy (non-hydrogen) atoms. The Morgan fingerprint density at radius 3 is 2.90 bits per heavy atom. The highest BCUT2D eigenvalue weighted by Crippen LogP contribution is 2.33. The van der Waals surface area contributed by atoms with Crippen LogP contribution in [0.15, 0.2) is 22.3 Å². The Bertz CT molecular complexity index is 976. The number of hydrogen-bond acceptors (Lipinski definition) is 10. The zero-order chi connectivity index (χ0) is 20.2. The first-order chi connectivity index (χ1) is 14.1. The molecule has 4 rings (SSSR count). The van der Waals surface area contributed by atoms with E-state index in [2.05, 4.69) is 25.7 Å². The van der Waals surface area contributed by atoms with Gasteiger partial charge in [-0.15, -0.1) is 16.4 Å². The van der Waals surface area contributed by atoms with Gasteiger partial charge in [-0.25, -0.2) is 14.5 Å². The zero-order valence-electron chi connectivity index (χ0n) is 15.7. The number of carbonyl (C=O) groups is 2. The molecule has 152 valence electrons. The first-order valence-electron chi connectivity index (χ1n) is 9.22. The summed E-state index contributed by atoms with van der Waals surface area (Å²) in [5.74, 6) is 0.197. The summed E-state index contributed by atoms with van der Waals surface area (Å²) in [6.07, 6.45) is 3.09. The van der Waals surface area contributed by atoms with Gasteiger partial charge < -0.3 is 14.2 Å². The van der Waals surface area contributed by atoms with Gasteiger partial charge in [-0.1, -0.05) is 5.16 Å². The van der Waals surface area contributed by atoms with Crippen molar-refractivity contribution in [3.63, 3.8) is 0 Å². The molecule has 1 fully saturated rings. The van der Waals surface area contributed by atoms with Crippen LogP contribution in [0, 0.1) is 0 Å². The van der Waals surface area contributed by atoms with Crippen LogP contribution in [0.25, 0.3) is 11.5 Å². The average Bonchev–Trinajstić information content (AvgIpc) is 3.49. The number of piperidine rings is 1. The lowest BCUT2D eigenvalue weighted by atomic mass is 9.97. The minimum atomic E-state index is -0.517. The fourth-order valence-corrected chi connectivity index (χ4v) is 4.13. The third kappa shape index (κ3) is 4.31. The number of tetrazole rings is 1. The van der Waals surface area contributed by atoms with E-state index in [4.69, 9.17) is 9.26 Å². The van der Waals surface area contributed by atoms with Gasteiger partial charge >= 0.3 is 5.97 Å². The van der Waals surface area contributed by atoms with Gasteiger partial charge in [0.1, 0.15) is 18.6 Å². The maximum atomic E-state index is 12.3. The predicted octanol–water partition coefficient (Wildman–Crippen LogP) is 1.37. The van der Waals surface area contributed by atoms with Crippen molar-refractivity contribution >= 4 is 23.2 Å². The molecular weight excluding hydrogens is 398 g/mol. The van der Waals surface area contributed by atoms with E-state index in [0.29, 0.717) is 24.5 Å². The number of rotatable bonds is 6. The molecule has 0 radical (unpaired) electrons. The number of amides is 1. The normalized spacial score (nSPS) is 14.9. The third-order valence-corrected chi connectivity index (χ3v) is 5.66. The molecule has 0 bridgehead atoms. The second kappa shape index (κ2) is 8.47. The van der Waals surface area contributed by atoms with Crippen LogP contribution in [0.3, 0.4) is 0 Å². The van der Waals surface area contributed by atoms with Crippen LogP contribution in [-0.4, -0.2) is 66.8 Å². The van der Waals surface area contributed by atoms with Crippen molar-refractivity contribution in [3.8, 4) is 11.5 Å². The number of hydrogen-bond donors (Lipinski definition) is 0. The molecule has 0 saturated carbocycles. The van der Waals surface area contributed by atoms with E-state index in [0.717, 1.165) is 17.8 Å². The van der Waals surface area contributed by atoms with E-state index in [1.165, 1.54) is 17.1 Å². The maximum absolute atomic E-state index is 12.3. The summed E-state index contributed by atoms with van der Waals surface area (Å²) < 4.78 is 11.6. The SMILES string of the molecule is CCOC(=O)c1cc(-c2csc(C3CCN(C(=O)Cn4cnnn4)CC3)n2)on1. The van der Waals surface area contributed by atoms with Gasteiger partial charge in [0.2, 0.25) is 5.91 Å². The lowest BCUT2D eigenvalue weighted by molar-refractivity contribution is -0.133. The van der Waals surface area contributed by atoms with E-state index in [1.54, 1.807) is 18.3 Å². The molecule has 0 unspecified atom stereocenters. The molecule has 0 spiro atoms. The molecule has 11 nitrogen and oxygen atoms in total. The minimum Gasteiger partial charge on any atom is -0.461 e. The van der Waals surface area contributed by atoms with E-state index in [1.807, 2.05) is 10.3 Å². The highest BCUT2D eigenvalue weighted by Gasteiger charge is 2.26. The Hall–Kier alpha value is -3.15. The smallest absolute Gasteiger partial charge is 0.360 e. The van der Waals surface area contributed by atoms with Crippen molar-refractivity contribution in [2.75, 3.05) is 19.7 Å². The number of thiazole rings is 1. The Morgan fingerprint density at radius 1 is 1.34 bits per heavy atom. The van der Waals surface area contributed by atoms with E-state index in [9.17, 15) is 9.59 Å². The van der Waals surface area contributed by atoms with Gasteiger partial charge in [-0.2, -0.15) is 0 Å². The van der Waals surface area contributed by atoms with Crippen LogP contribution in [0.4, 0.5) is 0 Å². The Kier molecular flexibility index (Phi) is 5.60. The molecule has 0 atom stereocenters. The lowest BCUT2D eigenvalue weighted by Crippen LogP contribution is -2.39. The Morgan fingerprint density at radius 2 is 2.17 bits per heavy atom. The molecule has 1 aliphatic heterocycles. The third-order valence-electron chi connectivity index (χ3n) is 4.65. The summed E-state index contributed by atoms with van der Waals surface area (Å²) in [7, 11) is 0. The fraction of sp³-hybridized carbons (Fsp3) is 0.471. The van der Waals surface area contributed by atoms with Crippen molar-refractivity contribution in [1.82, 2.24) is 35.2 Å². The molecule has 0 aromatic carbocycles. The van der Waals surface area contributed by atoms with Crippen LogP contribution in [0.1, 0.15) is 41.2 Å². The molecule has 3 aromatic heterocycles. The predicted molar refractivity (Wildman–Crippen MR) is 99.9 cm³/mol. The van der Waals surface area contributed by atoms with Gasteiger partial charge in [0, 0.05) is 30.5 Å². The summed E-state index contributed by atoms with van der Waals surface area (Å²) in [5.41, 5.74) is 0.774. The second-order valence-corrected chi connectivity index (χ2v) is 7.42. The highest BCUT2D eigenvalue weighted by atomic mass is 32.1. The van der Waals surface area contributed by atoms with Gasteiger partial charge in [-0.05, 0) is 30.2 Å². The van der Waals surface area contributed by atoms with Crippen LogP contribution in [0.5, 0.6) is 0 Å². The summed E-state index contributed by atoms with van der Waals surface area (Å²) in [4.78, 5) is 30.5. The molecular formula is C17H19N7O4S. The summed E-state index contributed by atoms with van der Waals surface area (Å²) >= 11 is 1.54. The van der Waals surface area contributed by atoms with E-state index >= 15 is 0 Å². The number of likely N-dealkylation sites (tertiary alicyclic amines) is 1. The first-order valence-corrected chi connectivity index (χ1v) is 10.1. The number of aromatic nitrogens is 6. The zero-order valence-corrected chi connectivity index (χ0v) is 16.5. The largest absolute Gasteiger partial charge is 0.461 e. The van der Waals surface area contributed by atoms with Crippen molar-refractivity contribution < 1.29 is 18.8 Å². The topological polar surface area (TPSA) is 129 Å². The number of esters is 1. The molecule has 1 aliphatic rings. The Balaban J connectivity index is 1.35. The van der Waals surface area contributed by atoms with Crippen LogP contribution in [0.2, 0.25) is 0 Å². The minimum absolute atomic E-state index is 0.00346. The van der Waals surface area contributed by atoms with Gasteiger partial charge in [-0.3, -0.25) is 4.79 Å². The number of nitrogens with zero attached hydrogens (tertiary/aromatic N) is 7. The number of ether oxygens (including phenoxy) is 1. The fourth-order valence-electron chi connectivity index (χ4n) is 3.15. The molecule has 4 heterocycles. The molecule has 0 aliphatic carbocycles. The molecule has 1 amide bonds. The van der Waals surface area contributed by atoms with E-state index in [-0.39, 0.29) is 30.7 Å². The summed E-state index contributed by atoms with van der Waals surface area (Å²) in [5, 5.41) is 17.4. The van der Waals surface area contributed by atoms with Crippen LogP contribution < -0.4 is 0 Å². The summed E-state index contributed by atoms with van der Waals surface area (Å²) in [6, 6.07) is 1.54. The first kappa shape index (κ1) is 19.2. The van der Waals surface area contributed by atoms with Crippen molar-refractivity contribution in [1.29, 1.82) is 0 Å². The lowest BCUT2D eigenvalue weighted by Gasteiger charge is -2.31. The van der Waals surface area contributed by atoms with E-state index < -0.39 is 5.97 Å². The van der Waals surface area contributed by atoms with Crippen LogP contribution >= 0.6 is 11.3 Å². The molecule has 12 heteroatoms. The van der Waals surface area contributed by atoms with Crippen LogP contribution in [-0.2, 0) is 16.1 Å². The maximum Gasteiger partial charge on any atom is 0.360 e. The standard InChI is InChI=1S/C17H19N7O4S/c1-2-27-17(26)12-7-14(28-20-12)13-9-29-16(19-13)11-3-5-23(6-4-11)15(25)8-24-10-18-21-22-24/h7,9-11H,2-6,8H2,1H3. The van der Waals surface area contributed by atoms with Crippen molar-refractivity contribution in [2.45, 2.75) is 32.2 Å². The Labute approximate surface area is 169 Å². The second-order valence-electron chi connectivity index (χ2n) is 6.53. The highest BCUT2D eigenvalue weighted by molar-refractivity contribution is 7.10. The molecule has 0 N–H and O–H groups in total. The quantitative estimate of drug-likeness (QED) is 0.546. The van der Waals surface area contributed by atoms with Crippen molar-refractivity contribution in [2.24, 2.45) is 0 Å². The molecule has 3 aromatic rings.